The van der Waals surface area contributed by atoms with Gasteiger partial charge in [-0.3, -0.25) is 4.90 Å². The Kier molecular flexibility index (Phi) is 2.68. The lowest BCUT2D eigenvalue weighted by molar-refractivity contribution is -0.142. The molecule has 2 fully saturated rings. The number of aliphatic carboxylic acids is 1. The molecule has 1 aliphatic heterocycles. The summed E-state index contributed by atoms with van der Waals surface area (Å²) >= 11 is 0. The van der Waals surface area contributed by atoms with Crippen LogP contribution in [0.15, 0.2) is 12.7 Å². The van der Waals surface area contributed by atoms with Gasteiger partial charge in [0.2, 0.25) is 0 Å². The second-order valence-corrected chi connectivity index (χ2v) is 6.10. The zero-order valence-electron chi connectivity index (χ0n) is 11.0. The third-order valence-corrected chi connectivity index (χ3v) is 3.62. The van der Waals surface area contributed by atoms with Crippen molar-refractivity contribution in [2.75, 3.05) is 0 Å². The number of piperidine rings is 1. The fraction of sp³-hybridized carbons (Fsp3) is 0.692. The van der Waals surface area contributed by atoms with E-state index < -0.39 is 23.7 Å². The highest BCUT2D eigenvalue weighted by molar-refractivity contribution is 5.82. The SMILES string of the molecule is C=C[C@@]12C[C@@H](C(=O)O)N(C(=O)OC(C)(C)C)[C@@H]1C2. The molecule has 5 heteroatoms. The van der Waals surface area contributed by atoms with Gasteiger partial charge >= 0.3 is 12.1 Å². The minimum Gasteiger partial charge on any atom is -0.480 e. The molecule has 0 aromatic rings. The average Bonchev–Trinajstić information content (AvgIpc) is 2.82. The van der Waals surface area contributed by atoms with E-state index in [-0.39, 0.29) is 11.5 Å². The molecule has 3 atom stereocenters. The number of nitrogens with zero attached hydrogens (tertiary/aromatic N) is 1. The van der Waals surface area contributed by atoms with Gasteiger partial charge in [-0.1, -0.05) is 6.08 Å². The predicted molar refractivity (Wildman–Crippen MR) is 65.1 cm³/mol. The first-order valence-corrected chi connectivity index (χ1v) is 6.08. The van der Waals surface area contributed by atoms with Crippen molar-refractivity contribution in [3.8, 4) is 0 Å². The molecular formula is C13H19NO4. The largest absolute Gasteiger partial charge is 0.480 e. The highest BCUT2D eigenvalue weighted by atomic mass is 16.6. The Labute approximate surface area is 106 Å². The molecule has 1 aliphatic carbocycles. The standard InChI is InChI=1S/C13H19NO4/c1-5-13-6-8(10(15)16)14(9(13)7-13)11(17)18-12(2,3)4/h5,8-9H,1,6-7H2,2-4H3,(H,15,16)/t8-,9+,13-/m0/s1. The quantitative estimate of drug-likeness (QED) is 0.764. The molecule has 0 radical (unpaired) electrons. The van der Waals surface area contributed by atoms with Crippen molar-refractivity contribution in [3.63, 3.8) is 0 Å². The summed E-state index contributed by atoms with van der Waals surface area (Å²) < 4.78 is 5.28. The number of ether oxygens (including phenoxy) is 1. The van der Waals surface area contributed by atoms with Crippen LogP contribution in [0.4, 0.5) is 4.79 Å². The lowest BCUT2D eigenvalue weighted by atomic mass is 10.0. The van der Waals surface area contributed by atoms with E-state index in [0.717, 1.165) is 6.42 Å². The summed E-state index contributed by atoms with van der Waals surface area (Å²) in [7, 11) is 0. The van der Waals surface area contributed by atoms with Crippen LogP contribution in [-0.4, -0.2) is 39.8 Å². The van der Waals surface area contributed by atoms with E-state index in [1.165, 1.54) is 4.90 Å². The molecule has 1 amide bonds. The molecule has 1 N–H and O–H groups in total. The first kappa shape index (κ1) is 12.9. The van der Waals surface area contributed by atoms with E-state index in [1.807, 2.05) is 0 Å². The molecule has 5 nitrogen and oxygen atoms in total. The molecule has 0 unspecified atom stereocenters. The maximum atomic E-state index is 12.1. The van der Waals surface area contributed by atoms with Crippen LogP contribution in [0.1, 0.15) is 33.6 Å². The van der Waals surface area contributed by atoms with Gasteiger partial charge in [-0.15, -0.1) is 6.58 Å². The zero-order valence-corrected chi connectivity index (χ0v) is 11.0. The zero-order chi connectivity index (χ0) is 13.7. The first-order chi connectivity index (χ1) is 8.20. The molecular weight excluding hydrogens is 234 g/mol. The number of likely N-dealkylation sites (tertiary alicyclic amines) is 1. The van der Waals surface area contributed by atoms with E-state index in [0.29, 0.717) is 6.42 Å². The van der Waals surface area contributed by atoms with Crippen molar-refractivity contribution < 1.29 is 19.4 Å². The van der Waals surface area contributed by atoms with Crippen LogP contribution >= 0.6 is 0 Å². The van der Waals surface area contributed by atoms with Crippen molar-refractivity contribution in [3.05, 3.63) is 12.7 Å². The van der Waals surface area contributed by atoms with E-state index in [9.17, 15) is 14.7 Å². The number of amides is 1. The normalized spacial score (nSPS) is 33.8. The summed E-state index contributed by atoms with van der Waals surface area (Å²) in [5, 5.41) is 9.20. The van der Waals surface area contributed by atoms with Gasteiger partial charge in [-0.25, -0.2) is 9.59 Å². The van der Waals surface area contributed by atoms with Crippen molar-refractivity contribution in [1.82, 2.24) is 4.90 Å². The molecule has 100 valence electrons. The number of hydrogen-bond acceptors (Lipinski definition) is 3. The Balaban J connectivity index is 2.17. The summed E-state index contributed by atoms with van der Waals surface area (Å²) in [4.78, 5) is 24.7. The van der Waals surface area contributed by atoms with E-state index in [4.69, 9.17) is 4.74 Å². The Hall–Kier alpha value is -1.52. The maximum Gasteiger partial charge on any atom is 0.411 e. The van der Waals surface area contributed by atoms with Crippen molar-refractivity contribution >= 4 is 12.1 Å². The fourth-order valence-corrected chi connectivity index (χ4v) is 2.65. The molecule has 1 heterocycles. The van der Waals surface area contributed by atoms with Crippen LogP contribution in [0, 0.1) is 5.41 Å². The minimum absolute atomic E-state index is 0.0639. The highest BCUT2D eigenvalue weighted by Gasteiger charge is 2.66. The topological polar surface area (TPSA) is 66.8 Å². The van der Waals surface area contributed by atoms with E-state index in [1.54, 1.807) is 26.8 Å². The molecule has 1 saturated carbocycles. The number of fused-ring (bicyclic) bond motifs is 1. The van der Waals surface area contributed by atoms with Gasteiger partial charge < -0.3 is 9.84 Å². The van der Waals surface area contributed by atoms with Gasteiger partial charge in [0.05, 0.1) is 0 Å². The summed E-state index contributed by atoms with van der Waals surface area (Å²) in [6, 6.07) is -0.859. The van der Waals surface area contributed by atoms with Gasteiger partial charge in [0.1, 0.15) is 11.6 Å². The van der Waals surface area contributed by atoms with E-state index >= 15 is 0 Å². The number of carbonyl (C=O) groups is 2. The summed E-state index contributed by atoms with van der Waals surface area (Å²) in [6.45, 7) is 9.05. The van der Waals surface area contributed by atoms with Gasteiger partial charge in [-0.05, 0) is 33.6 Å². The molecule has 0 bridgehead atoms. The van der Waals surface area contributed by atoms with Gasteiger partial charge in [-0.2, -0.15) is 0 Å². The highest BCUT2D eigenvalue weighted by Crippen LogP contribution is 2.60. The molecule has 2 rings (SSSR count). The lowest BCUT2D eigenvalue weighted by Crippen LogP contribution is -2.45. The van der Waals surface area contributed by atoms with Crippen LogP contribution < -0.4 is 0 Å². The molecule has 18 heavy (non-hydrogen) atoms. The molecule has 0 aromatic heterocycles. The fourth-order valence-electron chi connectivity index (χ4n) is 2.65. The molecule has 1 saturated heterocycles. The molecule has 2 aliphatic rings. The monoisotopic (exact) mass is 253 g/mol. The summed E-state index contributed by atoms with van der Waals surface area (Å²) in [5.74, 6) is -0.978. The lowest BCUT2D eigenvalue weighted by Gasteiger charge is -2.28. The smallest absolute Gasteiger partial charge is 0.411 e. The van der Waals surface area contributed by atoms with Gasteiger partial charge in [0.15, 0.2) is 0 Å². The Morgan fingerprint density at radius 2 is 2.06 bits per heavy atom. The van der Waals surface area contributed by atoms with Gasteiger partial charge in [0.25, 0.3) is 0 Å². The van der Waals surface area contributed by atoms with Gasteiger partial charge in [0, 0.05) is 11.5 Å². The van der Waals surface area contributed by atoms with E-state index in [2.05, 4.69) is 6.58 Å². The second-order valence-electron chi connectivity index (χ2n) is 6.10. The van der Waals surface area contributed by atoms with Crippen LogP contribution in [-0.2, 0) is 9.53 Å². The summed E-state index contributed by atoms with van der Waals surface area (Å²) in [6.07, 6.45) is 2.47. The van der Waals surface area contributed by atoms with Crippen LogP contribution in [0.25, 0.3) is 0 Å². The average molecular weight is 253 g/mol. The number of rotatable bonds is 2. The van der Waals surface area contributed by atoms with Crippen molar-refractivity contribution in [2.24, 2.45) is 5.41 Å². The predicted octanol–water partition coefficient (Wildman–Crippen LogP) is 2.03. The second kappa shape index (κ2) is 3.73. The Morgan fingerprint density at radius 3 is 2.50 bits per heavy atom. The number of carboxylic acid groups (broad SMARTS) is 1. The van der Waals surface area contributed by atoms with Crippen LogP contribution in [0.3, 0.4) is 0 Å². The van der Waals surface area contributed by atoms with Crippen molar-refractivity contribution in [1.29, 1.82) is 0 Å². The Bertz CT molecular complexity index is 412. The number of carbonyl (C=O) groups excluding carboxylic acids is 1. The first-order valence-electron chi connectivity index (χ1n) is 6.08. The maximum absolute atomic E-state index is 12.1. The molecule has 0 spiro atoms. The van der Waals surface area contributed by atoms with Crippen molar-refractivity contribution in [2.45, 2.75) is 51.3 Å². The minimum atomic E-state index is -0.978. The third-order valence-electron chi connectivity index (χ3n) is 3.62. The number of hydrogen-bond donors (Lipinski definition) is 1. The summed E-state index contributed by atoms with van der Waals surface area (Å²) in [5.41, 5.74) is -0.825. The molecule has 0 aromatic carbocycles. The van der Waals surface area contributed by atoms with Crippen LogP contribution in [0.2, 0.25) is 0 Å². The van der Waals surface area contributed by atoms with Crippen LogP contribution in [0.5, 0.6) is 0 Å². The Morgan fingerprint density at radius 1 is 1.44 bits per heavy atom. The third kappa shape index (κ3) is 1.98. The number of carboxylic acids is 1.